The SMILES string of the molecule is O=C(CNC(=O)C1CCCC1)Nc1ccc(-c2csnn2)cc1. The topological polar surface area (TPSA) is 84.0 Å². The van der Waals surface area contributed by atoms with Gasteiger partial charge in [0.05, 0.1) is 6.54 Å². The Morgan fingerprint density at radius 2 is 1.91 bits per heavy atom. The van der Waals surface area contributed by atoms with Crippen LogP contribution in [0.5, 0.6) is 0 Å². The molecule has 0 bridgehead atoms. The van der Waals surface area contributed by atoms with Crippen molar-refractivity contribution in [3.8, 4) is 11.3 Å². The minimum absolute atomic E-state index is 0.00703. The minimum Gasteiger partial charge on any atom is -0.347 e. The Labute approximate surface area is 138 Å². The van der Waals surface area contributed by atoms with E-state index >= 15 is 0 Å². The highest BCUT2D eigenvalue weighted by Gasteiger charge is 2.22. The third-order valence-electron chi connectivity index (χ3n) is 3.97. The fourth-order valence-electron chi connectivity index (χ4n) is 2.72. The smallest absolute Gasteiger partial charge is 0.243 e. The Morgan fingerprint density at radius 3 is 2.57 bits per heavy atom. The van der Waals surface area contributed by atoms with E-state index in [1.807, 2.05) is 29.6 Å². The van der Waals surface area contributed by atoms with Gasteiger partial charge in [-0.3, -0.25) is 9.59 Å². The van der Waals surface area contributed by atoms with Gasteiger partial charge in [0.15, 0.2) is 0 Å². The first kappa shape index (κ1) is 15.6. The average molecular weight is 330 g/mol. The Morgan fingerprint density at radius 1 is 1.17 bits per heavy atom. The van der Waals surface area contributed by atoms with Crippen molar-refractivity contribution in [1.82, 2.24) is 14.9 Å². The fourth-order valence-corrected chi connectivity index (χ4v) is 3.18. The molecule has 0 atom stereocenters. The van der Waals surface area contributed by atoms with Crippen LogP contribution in [0.2, 0.25) is 0 Å². The molecule has 1 aliphatic carbocycles. The van der Waals surface area contributed by atoms with E-state index in [1.165, 1.54) is 11.5 Å². The van der Waals surface area contributed by atoms with Crippen LogP contribution in [-0.2, 0) is 9.59 Å². The Hall–Kier alpha value is -2.28. The molecule has 6 nitrogen and oxygen atoms in total. The van der Waals surface area contributed by atoms with Crippen molar-refractivity contribution in [2.24, 2.45) is 5.92 Å². The summed E-state index contributed by atoms with van der Waals surface area (Å²) in [6, 6.07) is 7.38. The van der Waals surface area contributed by atoms with E-state index in [9.17, 15) is 9.59 Å². The number of anilines is 1. The molecule has 2 N–H and O–H groups in total. The molecule has 0 unspecified atom stereocenters. The molecule has 1 aromatic heterocycles. The molecular formula is C16H18N4O2S. The molecule has 2 amide bonds. The maximum absolute atomic E-state index is 11.9. The first-order chi connectivity index (χ1) is 11.2. The van der Waals surface area contributed by atoms with Gasteiger partial charge in [0, 0.05) is 22.5 Å². The van der Waals surface area contributed by atoms with Gasteiger partial charge in [-0.15, -0.1) is 5.10 Å². The van der Waals surface area contributed by atoms with Crippen LogP contribution in [0.15, 0.2) is 29.6 Å². The monoisotopic (exact) mass is 330 g/mol. The lowest BCUT2D eigenvalue weighted by Crippen LogP contribution is -2.36. The molecule has 0 aliphatic heterocycles. The summed E-state index contributed by atoms with van der Waals surface area (Å²) in [5.41, 5.74) is 2.46. The second-order valence-electron chi connectivity index (χ2n) is 5.61. The molecule has 0 radical (unpaired) electrons. The van der Waals surface area contributed by atoms with Crippen LogP contribution in [0.4, 0.5) is 5.69 Å². The van der Waals surface area contributed by atoms with E-state index in [1.54, 1.807) is 0 Å². The van der Waals surface area contributed by atoms with Gasteiger partial charge in [-0.2, -0.15) is 0 Å². The van der Waals surface area contributed by atoms with Gasteiger partial charge in [0.1, 0.15) is 5.69 Å². The molecule has 120 valence electrons. The first-order valence-electron chi connectivity index (χ1n) is 7.67. The van der Waals surface area contributed by atoms with Crippen LogP contribution >= 0.6 is 11.5 Å². The summed E-state index contributed by atoms with van der Waals surface area (Å²) in [7, 11) is 0. The van der Waals surface area contributed by atoms with Gasteiger partial charge >= 0.3 is 0 Å². The summed E-state index contributed by atoms with van der Waals surface area (Å²) in [5, 5.41) is 11.3. The first-order valence-corrected chi connectivity index (χ1v) is 8.51. The Kier molecular flexibility index (Phi) is 4.97. The number of hydrogen-bond acceptors (Lipinski definition) is 5. The highest BCUT2D eigenvalue weighted by Crippen LogP contribution is 2.24. The molecule has 2 aromatic rings. The van der Waals surface area contributed by atoms with E-state index in [0.717, 1.165) is 36.9 Å². The van der Waals surface area contributed by atoms with Gasteiger partial charge in [0.25, 0.3) is 0 Å². The normalized spacial score (nSPS) is 14.6. The number of aromatic nitrogens is 2. The number of hydrogen-bond donors (Lipinski definition) is 2. The highest BCUT2D eigenvalue weighted by atomic mass is 32.1. The summed E-state index contributed by atoms with van der Waals surface area (Å²) in [6.45, 7) is 0.00703. The number of amides is 2. The summed E-state index contributed by atoms with van der Waals surface area (Å²) in [4.78, 5) is 23.8. The zero-order chi connectivity index (χ0) is 16.1. The maximum atomic E-state index is 11.9. The average Bonchev–Trinajstić information content (AvgIpc) is 3.26. The molecule has 1 heterocycles. The lowest BCUT2D eigenvalue weighted by Gasteiger charge is -2.10. The van der Waals surface area contributed by atoms with E-state index in [0.29, 0.717) is 5.69 Å². The standard InChI is InChI=1S/C16H18N4O2S/c21-15(9-17-16(22)12-3-1-2-4-12)18-13-7-5-11(6-8-13)14-10-23-20-19-14/h5-8,10,12H,1-4,9H2,(H,17,22)(H,18,21). The molecule has 1 aliphatic rings. The number of carbonyl (C=O) groups is 2. The van der Waals surface area contributed by atoms with Crippen molar-refractivity contribution in [3.05, 3.63) is 29.6 Å². The number of carbonyl (C=O) groups excluding carboxylic acids is 2. The van der Waals surface area contributed by atoms with Gasteiger partial charge in [-0.05, 0) is 36.5 Å². The van der Waals surface area contributed by atoms with Crippen molar-refractivity contribution >= 4 is 29.0 Å². The Balaban J connectivity index is 1.48. The molecule has 0 spiro atoms. The van der Waals surface area contributed by atoms with E-state index in [2.05, 4.69) is 20.2 Å². The van der Waals surface area contributed by atoms with Crippen LogP contribution in [0.25, 0.3) is 11.3 Å². The zero-order valence-electron chi connectivity index (χ0n) is 12.6. The van der Waals surface area contributed by atoms with Gasteiger partial charge < -0.3 is 10.6 Å². The molecule has 1 fully saturated rings. The lowest BCUT2D eigenvalue weighted by molar-refractivity contribution is -0.127. The van der Waals surface area contributed by atoms with Crippen LogP contribution in [0.1, 0.15) is 25.7 Å². The zero-order valence-corrected chi connectivity index (χ0v) is 13.4. The number of nitrogens with one attached hydrogen (secondary N) is 2. The van der Waals surface area contributed by atoms with Gasteiger partial charge in [-0.25, -0.2) is 0 Å². The number of nitrogens with zero attached hydrogens (tertiary/aromatic N) is 2. The fraction of sp³-hybridized carbons (Fsp3) is 0.375. The van der Waals surface area contributed by atoms with Crippen molar-refractivity contribution in [2.45, 2.75) is 25.7 Å². The highest BCUT2D eigenvalue weighted by molar-refractivity contribution is 7.03. The van der Waals surface area contributed by atoms with Crippen molar-refractivity contribution in [1.29, 1.82) is 0 Å². The van der Waals surface area contributed by atoms with Crippen LogP contribution in [0, 0.1) is 5.92 Å². The van der Waals surface area contributed by atoms with Crippen LogP contribution in [-0.4, -0.2) is 27.9 Å². The third-order valence-corrected chi connectivity index (χ3v) is 4.48. The van der Waals surface area contributed by atoms with E-state index in [4.69, 9.17) is 0 Å². The van der Waals surface area contributed by atoms with Crippen LogP contribution < -0.4 is 10.6 Å². The van der Waals surface area contributed by atoms with E-state index < -0.39 is 0 Å². The van der Waals surface area contributed by atoms with Gasteiger partial charge in [0.2, 0.25) is 11.8 Å². The predicted molar refractivity (Wildman–Crippen MR) is 88.9 cm³/mol. The molecule has 1 saturated carbocycles. The van der Waals surface area contributed by atoms with E-state index in [-0.39, 0.29) is 24.3 Å². The molecule has 7 heteroatoms. The summed E-state index contributed by atoms with van der Waals surface area (Å²) in [6.07, 6.45) is 4.07. The minimum atomic E-state index is -0.223. The summed E-state index contributed by atoms with van der Waals surface area (Å²) < 4.78 is 3.82. The quantitative estimate of drug-likeness (QED) is 0.882. The lowest BCUT2D eigenvalue weighted by atomic mass is 10.1. The van der Waals surface area contributed by atoms with Crippen LogP contribution in [0.3, 0.4) is 0 Å². The molecule has 1 aromatic carbocycles. The second kappa shape index (κ2) is 7.32. The van der Waals surface area contributed by atoms with Gasteiger partial charge in [-0.1, -0.05) is 29.5 Å². The Bertz CT molecular complexity index is 664. The third kappa shape index (κ3) is 4.13. The van der Waals surface area contributed by atoms with Crippen molar-refractivity contribution in [2.75, 3.05) is 11.9 Å². The predicted octanol–water partition coefficient (Wildman–Crippen LogP) is 2.45. The second-order valence-corrected chi connectivity index (χ2v) is 6.22. The molecule has 0 saturated heterocycles. The maximum Gasteiger partial charge on any atom is 0.243 e. The largest absolute Gasteiger partial charge is 0.347 e. The molecule has 3 rings (SSSR count). The summed E-state index contributed by atoms with van der Waals surface area (Å²) >= 11 is 1.30. The number of rotatable bonds is 5. The van der Waals surface area contributed by atoms with Crippen molar-refractivity contribution in [3.63, 3.8) is 0 Å². The number of benzene rings is 1. The molecule has 23 heavy (non-hydrogen) atoms. The molecular weight excluding hydrogens is 312 g/mol. The van der Waals surface area contributed by atoms with Crippen molar-refractivity contribution < 1.29 is 9.59 Å². The summed E-state index contributed by atoms with van der Waals surface area (Å²) in [5.74, 6) is -0.155.